The first-order valence-corrected chi connectivity index (χ1v) is 5.26. The molecule has 15 heavy (non-hydrogen) atoms. The summed E-state index contributed by atoms with van der Waals surface area (Å²) in [5.41, 5.74) is 0. The van der Waals surface area contributed by atoms with Crippen LogP contribution in [-0.4, -0.2) is 57.5 Å². The van der Waals surface area contributed by atoms with E-state index in [1.165, 1.54) is 0 Å². The highest BCUT2D eigenvalue weighted by Crippen LogP contribution is 1.97. The highest BCUT2D eigenvalue weighted by Gasteiger charge is 2.13. The number of hydrogen-bond acceptors (Lipinski definition) is 4. The molecule has 0 aliphatic carbocycles. The second-order valence-corrected chi connectivity index (χ2v) is 3.21. The average molecular weight is 218 g/mol. The van der Waals surface area contributed by atoms with Gasteiger partial charge in [0.1, 0.15) is 0 Å². The molecular formula is C10H22N2O3. The second kappa shape index (κ2) is 8.64. The fourth-order valence-electron chi connectivity index (χ4n) is 1.17. The lowest BCUT2D eigenvalue weighted by Gasteiger charge is -2.23. The number of rotatable bonds is 8. The molecule has 0 radical (unpaired) electrons. The van der Waals surface area contributed by atoms with E-state index in [4.69, 9.17) is 9.47 Å². The first kappa shape index (κ1) is 14.3. The predicted molar refractivity (Wildman–Crippen MR) is 58.6 cm³/mol. The fourth-order valence-corrected chi connectivity index (χ4v) is 1.17. The molecular weight excluding hydrogens is 196 g/mol. The summed E-state index contributed by atoms with van der Waals surface area (Å²) in [6.45, 7) is 6.01. The molecule has 0 bridgehead atoms. The SMILES string of the molecule is CCOC(CN(C)CC(=O)NC)OCC. The topological polar surface area (TPSA) is 50.8 Å². The van der Waals surface area contributed by atoms with Gasteiger partial charge in [-0.1, -0.05) is 0 Å². The Morgan fingerprint density at radius 1 is 1.33 bits per heavy atom. The van der Waals surface area contributed by atoms with Crippen LogP contribution in [-0.2, 0) is 14.3 Å². The van der Waals surface area contributed by atoms with Gasteiger partial charge in [0.2, 0.25) is 5.91 Å². The normalized spacial score (nSPS) is 11.1. The van der Waals surface area contributed by atoms with E-state index >= 15 is 0 Å². The molecule has 0 saturated heterocycles. The van der Waals surface area contributed by atoms with Crippen LogP contribution in [0.5, 0.6) is 0 Å². The molecule has 0 unspecified atom stereocenters. The lowest BCUT2D eigenvalue weighted by molar-refractivity contribution is -0.147. The Balaban J connectivity index is 3.87. The second-order valence-electron chi connectivity index (χ2n) is 3.21. The monoisotopic (exact) mass is 218 g/mol. The third kappa shape index (κ3) is 7.30. The van der Waals surface area contributed by atoms with Crippen LogP contribution in [0.25, 0.3) is 0 Å². The van der Waals surface area contributed by atoms with E-state index in [-0.39, 0.29) is 12.2 Å². The van der Waals surface area contributed by atoms with Gasteiger partial charge in [-0.25, -0.2) is 0 Å². The van der Waals surface area contributed by atoms with Gasteiger partial charge in [-0.15, -0.1) is 0 Å². The summed E-state index contributed by atoms with van der Waals surface area (Å²) in [4.78, 5) is 13.0. The standard InChI is InChI=1S/C10H22N2O3/c1-5-14-10(15-6-2)8-12(4)7-9(13)11-3/h10H,5-8H2,1-4H3,(H,11,13). The van der Waals surface area contributed by atoms with Crippen molar-refractivity contribution in [3.05, 3.63) is 0 Å². The molecule has 0 aliphatic heterocycles. The minimum Gasteiger partial charge on any atom is -0.358 e. The molecule has 1 N–H and O–H groups in total. The third-order valence-corrected chi connectivity index (χ3v) is 1.86. The van der Waals surface area contributed by atoms with Gasteiger partial charge >= 0.3 is 0 Å². The Labute approximate surface area is 91.7 Å². The molecule has 1 amide bonds. The number of hydrogen-bond donors (Lipinski definition) is 1. The van der Waals surface area contributed by atoms with Crippen molar-refractivity contribution < 1.29 is 14.3 Å². The zero-order chi connectivity index (χ0) is 11.7. The molecule has 0 spiro atoms. The van der Waals surface area contributed by atoms with Crippen molar-refractivity contribution in [3.63, 3.8) is 0 Å². The molecule has 0 aliphatic rings. The summed E-state index contributed by atoms with van der Waals surface area (Å²) in [6.07, 6.45) is -0.255. The number of nitrogens with zero attached hydrogens (tertiary/aromatic N) is 1. The summed E-state index contributed by atoms with van der Waals surface area (Å²) in [5, 5.41) is 2.57. The van der Waals surface area contributed by atoms with Gasteiger partial charge in [0.25, 0.3) is 0 Å². The summed E-state index contributed by atoms with van der Waals surface area (Å²) in [6, 6.07) is 0. The summed E-state index contributed by atoms with van der Waals surface area (Å²) >= 11 is 0. The van der Waals surface area contributed by atoms with Gasteiger partial charge in [-0.2, -0.15) is 0 Å². The van der Waals surface area contributed by atoms with E-state index < -0.39 is 0 Å². The van der Waals surface area contributed by atoms with Gasteiger partial charge in [0.05, 0.1) is 6.54 Å². The molecule has 0 aromatic carbocycles. The number of ether oxygens (including phenoxy) is 2. The van der Waals surface area contributed by atoms with Crippen LogP contribution in [0.4, 0.5) is 0 Å². The van der Waals surface area contributed by atoms with Gasteiger partial charge < -0.3 is 14.8 Å². The van der Waals surface area contributed by atoms with E-state index in [0.29, 0.717) is 26.3 Å². The van der Waals surface area contributed by atoms with Gasteiger partial charge in [0.15, 0.2) is 6.29 Å². The first-order valence-electron chi connectivity index (χ1n) is 5.26. The van der Waals surface area contributed by atoms with Crippen LogP contribution in [0.15, 0.2) is 0 Å². The van der Waals surface area contributed by atoms with Gasteiger partial charge in [-0.05, 0) is 20.9 Å². The minimum absolute atomic E-state index is 0.00996. The molecule has 0 saturated carbocycles. The largest absolute Gasteiger partial charge is 0.358 e. The Hall–Kier alpha value is -0.650. The molecule has 0 fully saturated rings. The molecule has 90 valence electrons. The predicted octanol–water partition coefficient (Wildman–Crippen LogP) is 0.0633. The van der Waals surface area contributed by atoms with E-state index in [2.05, 4.69) is 5.32 Å². The van der Waals surface area contributed by atoms with Gasteiger partial charge in [-0.3, -0.25) is 9.69 Å². The Morgan fingerprint density at radius 2 is 1.87 bits per heavy atom. The summed E-state index contributed by atoms with van der Waals surface area (Å²) < 4.78 is 10.7. The van der Waals surface area contributed by atoms with E-state index in [9.17, 15) is 4.79 Å². The van der Waals surface area contributed by atoms with E-state index in [1.54, 1.807) is 7.05 Å². The highest BCUT2D eigenvalue weighted by atomic mass is 16.7. The zero-order valence-electron chi connectivity index (χ0n) is 10.1. The molecule has 0 atom stereocenters. The third-order valence-electron chi connectivity index (χ3n) is 1.86. The number of amides is 1. The average Bonchev–Trinajstić information content (AvgIpc) is 2.18. The van der Waals surface area contributed by atoms with Crippen molar-refractivity contribution >= 4 is 5.91 Å². The molecule has 5 heteroatoms. The van der Waals surface area contributed by atoms with Crippen molar-refractivity contribution in [3.8, 4) is 0 Å². The maximum atomic E-state index is 11.1. The maximum Gasteiger partial charge on any atom is 0.233 e. The zero-order valence-corrected chi connectivity index (χ0v) is 10.1. The van der Waals surface area contributed by atoms with Crippen LogP contribution < -0.4 is 5.32 Å². The maximum absolute atomic E-state index is 11.1. The van der Waals surface area contributed by atoms with Crippen molar-refractivity contribution in [2.24, 2.45) is 0 Å². The molecule has 5 nitrogen and oxygen atoms in total. The van der Waals surface area contributed by atoms with Crippen molar-refractivity contribution in [2.45, 2.75) is 20.1 Å². The first-order chi connectivity index (χ1) is 7.13. The molecule has 0 aromatic heterocycles. The number of likely N-dealkylation sites (N-methyl/N-ethyl adjacent to an activating group) is 2. The van der Waals surface area contributed by atoms with Crippen molar-refractivity contribution in [2.75, 3.05) is 40.4 Å². The number of carbonyl (C=O) groups is 1. The quantitative estimate of drug-likeness (QED) is 0.585. The van der Waals surface area contributed by atoms with E-state index in [1.807, 2.05) is 25.8 Å². The molecule has 0 rings (SSSR count). The summed E-state index contributed by atoms with van der Waals surface area (Å²) in [5.74, 6) is -0.00996. The van der Waals surface area contributed by atoms with Gasteiger partial charge in [0, 0.05) is 26.8 Å². The van der Waals surface area contributed by atoms with Crippen molar-refractivity contribution in [1.82, 2.24) is 10.2 Å². The van der Waals surface area contributed by atoms with Crippen LogP contribution >= 0.6 is 0 Å². The molecule has 0 heterocycles. The van der Waals surface area contributed by atoms with Crippen LogP contribution in [0.1, 0.15) is 13.8 Å². The Kier molecular flexibility index (Phi) is 8.27. The minimum atomic E-state index is -0.255. The highest BCUT2D eigenvalue weighted by molar-refractivity contribution is 5.77. The van der Waals surface area contributed by atoms with E-state index in [0.717, 1.165) is 0 Å². The fraction of sp³-hybridized carbons (Fsp3) is 0.900. The lowest BCUT2D eigenvalue weighted by atomic mass is 10.4. The van der Waals surface area contributed by atoms with Crippen LogP contribution in [0.2, 0.25) is 0 Å². The smallest absolute Gasteiger partial charge is 0.233 e. The van der Waals surface area contributed by atoms with Crippen molar-refractivity contribution in [1.29, 1.82) is 0 Å². The van der Waals surface area contributed by atoms with Crippen LogP contribution in [0.3, 0.4) is 0 Å². The lowest BCUT2D eigenvalue weighted by Crippen LogP contribution is -2.39. The Bertz CT molecular complexity index is 170. The Morgan fingerprint density at radius 3 is 2.27 bits per heavy atom. The van der Waals surface area contributed by atoms with Crippen LogP contribution in [0, 0.1) is 0 Å². The molecule has 0 aromatic rings. The number of nitrogens with one attached hydrogen (secondary N) is 1. The number of carbonyl (C=O) groups excluding carboxylic acids is 1. The summed E-state index contributed by atoms with van der Waals surface area (Å²) in [7, 11) is 3.49.